The number of phosphoric ester groups is 1. The van der Waals surface area contributed by atoms with Gasteiger partial charge in [-0.05, 0) is 44.9 Å². The molecule has 0 rings (SSSR count). The molecule has 0 bridgehead atoms. The van der Waals surface area contributed by atoms with E-state index in [1.807, 2.05) is 0 Å². The maximum atomic E-state index is 13.0. The fourth-order valence-corrected chi connectivity index (χ4v) is 10.8. The number of aliphatic hydroxyl groups is 1. The summed E-state index contributed by atoms with van der Waals surface area (Å²) in [5, 5.41) is 9.85. The summed E-state index contributed by atoms with van der Waals surface area (Å²) < 4.78 is 39.7. The average Bonchev–Trinajstić information content (AvgIpc) is 3.43. The molecule has 0 fully saturated rings. The largest absolute Gasteiger partial charge is 0.472 e. The molecule has 0 spiro atoms. The van der Waals surface area contributed by atoms with E-state index in [4.69, 9.17) is 23.3 Å². The van der Waals surface area contributed by atoms with E-state index in [-0.39, 0.29) is 25.9 Å². The Morgan fingerprint density at radius 3 is 0.885 bits per heavy atom. The molecule has 0 saturated carbocycles. The monoisotopic (exact) mass is 1130 g/mol. The van der Waals surface area contributed by atoms with Crippen LogP contribution in [0.2, 0.25) is 0 Å². The van der Waals surface area contributed by atoms with Crippen molar-refractivity contribution in [1.29, 1.82) is 0 Å². The van der Waals surface area contributed by atoms with Gasteiger partial charge in [0.15, 0.2) is 6.10 Å². The Balaban J connectivity index is 4.64. The van der Waals surface area contributed by atoms with Crippen molar-refractivity contribution >= 4 is 25.7 Å². The van der Waals surface area contributed by atoms with Crippen molar-refractivity contribution in [2.45, 2.75) is 367 Å². The first-order valence-corrected chi connectivity index (χ1v) is 35.1. The van der Waals surface area contributed by atoms with Gasteiger partial charge in [-0.3, -0.25) is 23.4 Å². The van der Waals surface area contributed by atoms with Gasteiger partial charge in [0.1, 0.15) is 12.7 Å². The Morgan fingerprint density at radius 2 is 0.590 bits per heavy atom. The average molecular weight is 1130 g/mol. The van der Waals surface area contributed by atoms with Gasteiger partial charge in [-0.2, -0.15) is 0 Å². The molecule has 78 heavy (non-hydrogen) atoms. The van der Waals surface area contributed by atoms with Gasteiger partial charge in [-0.25, -0.2) is 4.57 Å². The predicted octanol–water partition coefficient (Wildman–Crippen LogP) is 20.4. The molecule has 0 saturated heterocycles. The van der Waals surface area contributed by atoms with Crippen molar-refractivity contribution in [2.24, 2.45) is 0 Å². The highest BCUT2D eigenvalue weighted by atomic mass is 31.2. The van der Waals surface area contributed by atoms with Crippen molar-refractivity contribution in [1.82, 2.24) is 0 Å². The quantitative estimate of drug-likeness (QED) is 0.0197. The Morgan fingerprint density at radius 1 is 0.346 bits per heavy atom. The maximum absolute atomic E-state index is 13.0. The lowest BCUT2D eigenvalue weighted by Gasteiger charge is -2.21. The highest BCUT2D eigenvalue weighted by Crippen LogP contribution is 2.43. The minimum atomic E-state index is -4.75. The van der Waals surface area contributed by atoms with Crippen LogP contribution in [0.15, 0.2) is 12.2 Å². The molecule has 0 radical (unpaired) electrons. The zero-order valence-electron chi connectivity index (χ0n) is 51.4. The van der Waals surface area contributed by atoms with E-state index in [2.05, 4.69) is 32.9 Å². The molecule has 3 unspecified atom stereocenters. The summed E-state index contributed by atoms with van der Waals surface area (Å²) >= 11 is 0. The minimum absolute atomic E-state index is 0.173. The first-order chi connectivity index (χ1) is 38.2. The second-order valence-corrected chi connectivity index (χ2v) is 24.5. The van der Waals surface area contributed by atoms with Gasteiger partial charge in [-0.15, -0.1) is 0 Å². The zero-order valence-corrected chi connectivity index (χ0v) is 52.3. The summed E-state index contributed by atoms with van der Waals surface area (Å²) in [4.78, 5) is 48.8. The number of hydrogen-bond donors (Lipinski definition) is 2. The van der Waals surface area contributed by atoms with Gasteiger partial charge in [0.2, 0.25) is 0 Å². The predicted molar refractivity (Wildman–Crippen MR) is 326 cm³/mol. The lowest BCUT2D eigenvalue weighted by molar-refractivity contribution is -0.161. The van der Waals surface area contributed by atoms with Crippen LogP contribution in [0.1, 0.15) is 355 Å². The van der Waals surface area contributed by atoms with Crippen LogP contribution in [-0.4, -0.2) is 66.5 Å². The van der Waals surface area contributed by atoms with Gasteiger partial charge >= 0.3 is 25.7 Å². The standard InChI is InChI=1S/C66H127O11P/c1-4-7-10-13-16-19-22-25-28-30-31-33-36-39-42-45-48-51-54-57-66(70)77-63(59-73-64(68)55-52-49-46-43-40-37-35-32-29-26-23-20-17-14-11-8-5-2)61-75-78(71,72)74-60-62(58-67)76-65(69)56-53-50-47-44-41-38-34-27-24-21-18-15-12-9-6-3/h27,34,62-63,67H,4-26,28-33,35-61H2,1-3H3,(H,71,72)/b34-27-. The first kappa shape index (κ1) is 76.2. The number of phosphoric acid groups is 1. The van der Waals surface area contributed by atoms with Crippen LogP contribution in [0, 0.1) is 0 Å². The van der Waals surface area contributed by atoms with E-state index in [0.717, 1.165) is 77.0 Å². The van der Waals surface area contributed by atoms with Crippen molar-refractivity contribution in [3.8, 4) is 0 Å². The topological polar surface area (TPSA) is 155 Å². The molecule has 11 nitrogen and oxygen atoms in total. The van der Waals surface area contributed by atoms with Gasteiger partial charge in [0.25, 0.3) is 0 Å². The summed E-state index contributed by atoms with van der Waals surface area (Å²) in [5.41, 5.74) is 0. The van der Waals surface area contributed by atoms with Crippen molar-refractivity contribution < 1.29 is 52.2 Å². The highest BCUT2D eigenvalue weighted by Gasteiger charge is 2.28. The van der Waals surface area contributed by atoms with Crippen LogP contribution < -0.4 is 0 Å². The van der Waals surface area contributed by atoms with Crippen LogP contribution in [0.4, 0.5) is 0 Å². The molecule has 0 heterocycles. The SMILES string of the molecule is CCCCCCCC/C=C\CCCCCCCC(=O)OC(CO)COP(=O)(O)OCC(COC(=O)CCCCCCCCCCCCCCCCCCC)OC(=O)CCCCCCCCCCCCCCCCCCCCC. The van der Waals surface area contributed by atoms with E-state index in [0.29, 0.717) is 19.3 Å². The van der Waals surface area contributed by atoms with Gasteiger partial charge < -0.3 is 24.2 Å². The molecule has 0 aromatic heterocycles. The Labute approximate surface area is 481 Å². The summed E-state index contributed by atoms with van der Waals surface area (Å²) in [5.74, 6) is -1.43. The molecule has 2 N–H and O–H groups in total. The molecule has 0 aliphatic rings. The zero-order chi connectivity index (χ0) is 56.9. The lowest BCUT2D eigenvalue weighted by atomic mass is 10.0. The number of aliphatic hydroxyl groups excluding tert-OH is 1. The molecular formula is C66H127O11P. The molecule has 0 aliphatic carbocycles. The smallest absolute Gasteiger partial charge is 0.462 e. The van der Waals surface area contributed by atoms with Gasteiger partial charge in [0, 0.05) is 19.3 Å². The molecule has 12 heteroatoms. The number of esters is 3. The number of rotatable bonds is 64. The number of unbranched alkanes of at least 4 members (excludes halogenated alkanes) is 45. The van der Waals surface area contributed by atoms with Crippen LogP contribution in [0.5, 0.6) is 0 Å². The normalized spacial score (nSPS) is 13.2. The summed E-state index contributed by atoms with van der Waals surface area (Å²) in [6.45, 7) is 4.73. The number of carbonyl (C=O) groups is 3. The summed E-state index contributed by atoms with van der Waals surface area (Å²) in [6, 6.07) is 0. The molecule has 0 aromatic carbocycles. The van der Waals surface area contributed by atoms with Crippen LogP contribution in [0.3, 0.4) is 0 Å². The summed E-state index contributed by atoms with van der Waals surface area (Å²) in [7, 11) is -4.75. The second kappa shape index (κ2) is 61.3. The van der Waals surface area contributed by atoms with E-state index in [9.17, 15) is 28.9 Å². The lowest BCUT2D eigenvalue weighted by Crippen LogP contribution is -2.30. The Kier molecular flexibility index (Phi) is 59.9. The maximum Gasteiger partial charge on any atom is 0.472 e. The van der Waals surface area contributed by atoms with Crippen molar-refractivity contribution in [3.63, 3.8) is 0 Å². The number of ether oxygens (including phenoxy) is 3. The van der Waals surface area contributed by atoms with Crippen molar-refractivity contribution in [2.75, 3.05) is 26.4 Å². The van der Waals surface area contributed by atoms with Crippen molar-refractivity contribution in [3.05, 3.63) is 12.2 Å². The van der Waals surface area contributed by atoms with E-state index in [1.54, 1.807) is 0 Å². The second-order valence-electron chi connectivity index (χ2n) is 23.0. The number of hydrogen-bond acceptors (Lipinski definition) is 10. The molecule has 0 aromatic rings. The highest BCUT2D eigenvalue weighted by molar-refractivity contribution is 7.47. The van der Waals surface area contributed by atoms with Crippen LogP contribution in [0.25, 0.3) is 0 Å². The number of allylic oxidation sites excluding steroid dienone is 2. The molecular weight excluding hydrogens is 1000 g/mol. The Bertz CT molecular complexity index is 1360. The van der Waals surface area contributed by atoms with Crippen LogP contribution >= 0.6 is 7.82 Å². The van der Waals surface area contributed by atoms with E-state index >= 15 is 0 Å². The third-order valence-corrected chi connectivity index (χ3v) is 16.1. The third-order valence-electron chi connectivity index (χ3n) is 15.2. The van der Waals surface area contributed by atoms with E-state index in [1.165, 1.54) is 218 Å². The van der Waals surface area contributed by atoms with Crippen LogP contribution in [-0.2, 0) is 42.2 Å². The summed E-state index contributed by atoms with van der Waals surface area (Å²) in [6.07, 6.45) is 63.0. The third kappa shape index (κ3) is 58.9. The van der Waals surface area contributed by atoms with E-state index < -0.39 is 57.8 Å². The fraction of sp³-hybridized carbons (Fsp3) is 0.924. The van der Waals surface area contributed by atoms with Gasteiger partial charge in [-0.1, -0.05) is 303 Å². The molecule has 462 valence electrons. The molecule has 0 amide bonds. The molecule has 3 atom stereocenters. The fourth-order valence-electron chi connectivity index (χ4n) is 10.1. The first-order valence-electron chi connectivity index (χ1n) is 33.6. The van der Waals surface area contributed by atoms with Gasteiger partial charge in [0.05, 0.1) is 19.8 Å². The Hall–Kier alpha value is -1.78. The number of carbonyl (C=O) groups excluding carboxylic acids is 3. The minimum Gasteiger partial charge on any atom is -0.462 e. The molecule has 0 aliphatic heterocycles.